The molecule has 0 bridgehead atoms. The molecular weight excluding hydrogens is 234 g/mol. The van der Waals surface area contributed by atoms with E-state index >= 15 is 0 Å². The molecular formula is C12H17N3OS. The van der Waals surface area contributed by atoms with Gasteiger partial charge in [-0.25, -0.2) is 0 Å². The number of aromatic nitrogens is 2. The molecule has 0 saturated carbocycles. The molecule has 0 aromatic carbocycles. The maximum atomic E-state index is 5.95. The first-order valence-corrected chi connectivity index (χ1v) is 6.65. The van der Waals surface area contributed by atoms with Crippen LogP contribution in [0.1, 0.15) is 36.5 Å². The summed E-state index contributed by atoms with van der Waals surface area (Å²) in [5.74, 6) is 1.52. The summed E-state index contributed by atoms with van der Waals surface area (Å²) in [7, 11) is 0. The summed E-state index contributed by atoms with van der Waals surface area (Å²) >= 11 is 1.75. The molecule has 1 atom stereocenters. The Labute approximate surface area is 105 Å². The maximum Gasteiger partial charge on any atom is 0.233 e. The Bertz CT molecular complexity index is 450. The molecule has 0 amide bonds. The van der Waals surface area contributed by atoms with Crippen LogP contribution < -0.4 is 5.73 Å². The van der Waals surface area contributed by atoms with Gasteiger partial charge in [-0.3, -0.25) is 0 Å². The van der Waals surface area contributed by atoms with Crippen molar-refractivity contribution in [3.8, 4) is 0 Å². The molecule has 0 aliphatic carbocycles. The lowest BCUT2D eigenvalue weighted by molar-refractivity contribution is 0.371. The molecule has 0 saturated heterocycles. The molecule has 2 aromatic heterocycles. The molecule has 2 rings (SSSR count). The number of nitrogens with two attached hydrogens (primary N) is 1. The molecule has 92 valence electrons. The third-order valence-electron chi connectivity index (χ3n) is 2.65. The van der Waals surface area contributed by atoms with Crippen LogP contribution in [-0.2, 0) is 12.8 Å². The second-order valence-electron chi connectivity index (χ2n) is 4.38. The summed E-state index contributed by atoms with van der Waals surface area (Å²) < 4.78 is 5.56. The Kier molecular flexibility index (Phi) is 3.91. The van der Waals surface area contributed by atoms with Gasteiger partial charge in [0, 0.05) is 11.3 Å². The monoisotopic (exact) mass is 251 g/mol. The van der Waals surface area contributed by atoms with Gasteiger partial charge >= 0.3 is 0 Å². The predicted octanol–water partition coefficient (Wildman–Crippen LogP) is 2.57. The van der Waals surface area contributed by atoms with E-state index in [9.17, 15) is 0 Å². The molecule has 1 unspecified atom stereocenters. The minimum Gasteiger partial charge on any atom is -0.424 e. The van der Waals surface area contributed by atoms with Gasteiger partial charge in [-0.1, -0.05) is 19.9 Å². The fraction of sp³-hybridized carbons (Fsp3) is 0.500. The summed E-state index contributed by atoms with van der Waals surface area (Å²) in [6.45, 7) is 4.08. The fourth-order valence-corrected chi connectivity index (χ4v) is 2.18. The molecule has 0 radical (unpaired) electrons. The molecule has 2 N–H and O–H groups in total. The number of nitrogens with zero attached hydrogens (tertiary/aromatic N) is 2. The summed E-state index contributed by atoms with van der Waals surface area (Å²) in [6.07, 6.45) is 1.72. The van der Waals surface area contributed by atoms with E-state index in [-0.39, 0.29) is 6.04 Å². The van der Waals surface area contributed by atoms with E-state index in [0.717, 1.165) is 12.8 Å². The second kappa shape index (κ2) is 5.42. The third-order valence-corrected chi connectivity index (χ3v) is 3.59. The first-order valence-electron chi connectivity index (χ1n) is 5.77. The van der Waals surface area contributed by atoms with E-state index in [1.54, 1.807) is 11.3 Å². The first kappa shape index (κ1) is 12.3. The normalized spacial score (nSPS) is 13.2. The summed E-state index contributed by atoms with van der Waals surface area (Å²) in [6, 6.07) is 3.99. The van der Waals surface area contributed by atoms with Crippen molar-refractivity contribution in [2.75, 3.05) is 0 Å². The van der Waals surface area contributed by atoms with Crippen molar-refractivity contribution in [3.05, 3.63) is 34.2 Å². The Balaban J connectivity index is 1.94. The van der Waals surface area contributed by atoms with Crippen LogP contribution in [0.5, 0.6) is 0 Å². The number of rotatable bonds is 5. The van der Waals surface area contributed by atoms with Crippen molar-refractivity contribution >= 4 is 11.3 Å². The van der Waals surface area contributed by atoms with Crippen molar-refractivity contribution < 1.29 is 4.42 Å². The number of thiophene rings is 1. The zero-order valence-electron chi connectivity index (χ0n) is 10.1. The highest BCUT2D eigenvalue weighted by Gasteiger charge is 2.17. The highest BCUT2D eigenvalue weighted by atomic mass is 32.1. The van der Waals surface area contributed by atoms with E-state index in [4.69, 9.17) is 10.2 Å². The summed E-state index contributed by atoms with van der Waals surface area (Å²) in [4.78, 5) is 1.33. The number of hydrogen-bond acceptors (Lipinski definition) is 5. The van der Waals surface area contributed by atoms with Gasteiger partial charge in [0.25, 0.3) is 0 Å². The average Bonchev–Trinajstić information content (AvgIpc) is 2.96. The van der Waals surface area contributed by atoms with Crippen LogP contribution >= 0.6 is 11.3 Å². The lowest BCUT2D eigenvalue weighted by Gasteiger charge is -2.09. The van der Waals surface area contributed by atoms with Crippen LogP contribution in [0.3, 0.4) is 0 Å². The molecule has 5 heteroatoms. The van der Waals surface area contributed by atoms with Crippen LogP contribution in [0.2, 0.25) is 0 Å². The van der Waals surface area contributed by atoms with Crippen LogP contribution in [0.4, 0.5) is 0 Å². The van der Waals surface area contributed by atoms with E-state index in [0.29, 0.717) is 17.7 Å². The van der Waals surface area contributed by atoms with Gasteiger partial charge in [-0.15, -0.1) is 21.5 Å². The first-order chi connectivity index (χ1) is 8.16. The summed E-state index contributed by atoms with van der Waals surface area (Å²) in [5, 5.41) is 10.1. The second-order valence-corrected chi connectivity index (χ2v) is 5.42. The Morgan fingerprint density at radius 3 is 2.82 bits per heavy atom. The van der Waals surface area contributed by atoms with E-state index in [2.05, 4.69) is 21.6 Å². The van der Waals surface area contributed by atoms with Crippen molar-refractivity contribution in [3.63, 3.8) is 0 Å². The quantitative estimate of drug-likeness (QED) is 0.887. The number of hydrogen-bond donors (Lipinski definition) is 1. The predicted molar refractivity (Wildman–Crippen MR) is 67.8 cm³/mol. The zero-order chi connectivity index (χ0) is 12.3. The molecule has 0 fully saturated rings. The van der Waals surface area contributed by atoms with Gasteiger partial charge < -0.3 is 10.2 Å². The van der Waals surface area contributed by atoms with Gasteiger partial charge in [0.15, 0.2) is 0 Å². The highest BCUT2D eigenvalue weighted by Crippen LogP contribution is 2.18. The third kappa shape index (κ3) is 3.14. The molecule has 17 heavy (non-hydrogen) atoms. The van der Waals surface area contributed by atoms with Gasteiger partial charge in [0.1, 0.15) is 0 Å². The van der Waals surface area contributed by atoms with Crippen LogP contribution in [0, 0.1) is 5.92 Å². The van der Waals surface area contributed by atoms with Gasteiger partial charge in [0.2, 0.25) is 11.8 Å². The molecule has 2 heterocycles. The molecule has 0 spiro atoms. The van der Waals surface area contributed by atoms with Gasteiger partial charge in [-0.05, 0) is 23.8 Å². The van der Waals surface area contributed by atoms with E-state index < -0.39 is 0 Å². The van der Waals surface area contributed by atoms with Gasteiger partial charge in [-0.2, -0.15) is 0 Å². The van der Waals surface area contributed by atoms with Crippen LogP contribution in [-0.4, -0.2) is 10.2 Å². The Morgan fingerprint density at radius 2 is 2.18 bits per heavy atom. The van der Waals surface area contributed by atoms with Crippen LogP contribution in [0.25, 0.3) is 0 Å². The lowest BCUT2D eigenvalue weighted by atomic mass is 10.1. The smallest absolute Gasteiger partial charge is 0.233 e. The summed E-state index contributed by atoms with van der Waals surface area (Å²) in [5.41, 5.74) is 5.95. The zero-order valence-corrected chi connectivity index (χ0v) is 10.9. The molecule has 2 aromatic rings. The standard InChI is InChI=1S/C12H17N3OS/c1-8(2)11(13)12-15-14-10(16-12)6-5-9-4-3-7-17-9/h3-4,7-8,11H,5-6,13H2,1-2H3. The SMILES string of the molecule is CC(C)C(N)c1nnc(CCc2cccs2)o1. The minimum absolute atomic E-state index is 0.169. The van der Waals surface area contributed by atoms with Crippen molar-refractivity contribution in [2.24, 2.45) is 11.7 Å². The molecule has 4 nitrogen and oxygen atoms in total. The van der Waals surface area contributed by atoms with E-state index in [1.807, 2.05) is 19.9 Å². The highest BCUT2D eigenvalue weighted by molar-refractivity contribution is 7.09. The fourth-order valence-electron chi connectivity index (χ4n) is 1.47. The Hall–Kier alpha value is -1.20. The Morgan fingerprint density at radius 1 is 1.35 bits per heavy atom. The van der Waals surface area contributed by atoms with Gasteiger partial charge in [0.05, 0.1) is 6.04 Å². The number of aryl methyl sites for hydroxylation is 2. The van der Waals surface area contributed by atoms with E-state index in [1.165, 1.54) is 4.88 Å². The average molecular weight is 251 g/mol. The van der Waals surface area contributed by atoms with Crippen molar-refractivity contribution in [1.29, 1.82) is 0 Å². The maximum absolute atomic E-state index is 5.95. The molecule has 0 aliphatic heterocycles. The molecule has 0 aliphatic rings. The largest absolute Gasteiger partial charge is 0.424 e. The van der Waals surface area contributed by atoms with Crippen LogP contribution in [0.15, 0.2) is 21.9 Å². The topological polar surface area (TPSA) is 64.9 Å². The minimum atomic E-state index is -0.169. The van der Waals surface area contributed by atoms with Crippen molar-refractivity contribution in [2.45, 2.75) is 32.7 Å². The van der Waals surface area contributed by atoms with Crippen molar-refractivity contribution in [1.82, 2.24) is 10.2 Å². The lowest BCUT2D eigenvalue weighted by Crippen LogP contribution is -2.16.